The summed E-state index contributed by atoms with van der Waals surface area (Å²) in [5.74, 6) is 6.28. The average Bonchev–Trinajstić information content (AvgIpc) is 3.01. The lowest BCUT2D eigenvalue weighted by Gasteiger charge is -2.26. The molecule has 1 aliphatic heterocycles. The largest absolute Gasteiger partial charge is 0.396 e. The van der Waals surface area contributed by atoms with Gasteiger partial charge in [0.25, 0.3) is 0 Å². The molecule has 0 spiro atoms. The summed E-state index contributed by atoms with van der Waals surface area (Å²) in [5, 5.41) is 14.5. The highest BCUT2D eigenvalue weighted by Gasteiger charge is 2.39. The first-order valence-corrected chi connectivity index (χ1v) is 12.7. The molecule has 8 nitrogen and oxygen atoms in total. The fourth-order valence-corrected chi connectivity index (χ4v) is 3.37. The van der Waals surface area contributed by atoms with Gasteiger partial charge in [-0.3, -0.25) is 24.1 Å². The maximum absolute atomic E-state index is 12.1. The van der Waals surface area contributed by atoms with Gasteiger partial charge in [-0.1, -0.05) is 53.4 Å². The number of carbonyl (C=O) groups excluding carboxylic acids is 4. The van der Waals surface area contributed by atoms with Gasteiger partial charge in [-0.25, -0.2) is 0 Å². The lowest BCUT2D eigenvalue weighted by molar-refractivity contribution is -0.140. The zero-order chi connectivity index (χ0) is 27.2. The van der Waals surface area contributed by atoms with Crippen LogP contribution in [-0.4, -0.2) is 58.9 Å². The Morgan fingerprint density at radius 2 is 1.71 bits per heavy atom. The van der Waals surface area contributed by atoms with Crippen molar-refractivity contribution < 1.29 is 24.3 Å². The quantitative estimate of drug-likeness (QED) is 0.302. The third kappa shape index (κ3) is 14.6. The lowest BCUT2D eigenvalue weighted by atomic mass is 9.94. The van der Waals surface area contributed by atoms with E-state index >= 15 is 0 Å². The molecule has 1 fully saturated rings. The van der Waals surface area contributed by atoms with Crippen LogP contribution in [0.1, 0.15) is 87.5 Å². The van der Waals surface area contributed by atoms with E-state index in [0.717, 1.165) is 6.42 Å². The number of aliphatic hydroxyl groups is 1. The fourth-order valence-electron chi connectivity index (χ4n) is 3.37. The average molecular weight is 494 g/mol. The van der Waals surface area contributed by atoms with Gasteiger partial charge in [-0.05, 0) is 38.5 Å². The Kier molecular flexibility index (Phi) is 15.2. The second kappa shape index (κ2) is 16.3. The van der Waals surface area contributed by atoms with E-state index in [-0.39, 0.29) is 61.5 Å². The summed E-state index contributed by atoms with van der Waals surface area (Å²) in [7, 11) is 0. The van der Waals surface area contributed by atoms with E-state index in [9.17, 15) is 19.2 Å². The van der Waals surface area contributed by atoms with E-state index in [4.69, 9.17) is 5.11 Å². The molecule has 1 rings (SSSR count). The first-order chi connectivity index (χ1) is 16.2. The van der Waals surface area contributed by atoms with Crippen molar-refractivity contribution in [1.82, 2.24) is 15.5 Å². The van der Waals surface area contributed by atoms with Crippen molar-refractivity contribution in [3.63, 3.8) is 0 Å². The van der Waals surface area contributed by atoms with Gasteiger partial charge in [0.05, 0.1) is 6.54 Å². The van der Waals surface area contributed by atoms with Crippen molar-refractivity contribution in [2.24, 2.45) is 23.7 Å². The van der Waals surface area contributed by atoms with Crippen LogP contribution in [0.2, 0.25) is 0 Å². The molecular formula is C27H47N3O5. The van der Waals surface area contributed by atoms with Crippen molar-refractivity contribution in [2.45, 2.75) is 93.0 Å². The standard InChI is InChI=1S/C15H26N2O4.C12H21NO/c1-10(2)11-9-13(20)17(14(11)21)7-5-12(19)16-15(3,4)6-8-18;1-10(2)6-5-9-13-12(14)8-7-11(3)4/h10-11,18H,5-9H2,1-4H3,(H,16,19);10-11H,7-9H2,1-4H3,(H,13,14). The molecule has 1 saturated heterocycles. The summed E-state index contributed by atoms with van der Waals surface area (Å²) in [4.78, 5) is 48.2. The minimum absolute atomic E-state index is 0.00749. The van der Waals surface area contributed by atoms with E-state index in [1.165, 1.54) is 4.90 Å². The van der Waals surface area contributed by atoms with Gasteiger partial charge in [0, 0.05) is 49.8 Å². The normalized spacial score (nSPS) is 15.7. The van der Waals surface area contributed by atoms with Crippen LogP contribution in [0.3, 0.4) is 0 Å². The van der Waals surface area contributed by atoms with Crippen LogP contribution < -0.4 is 10.6 Å². The first kappa shape index (κ1) is 32.6. The SMILES string of the molecule is CC(C)C#CCNC(=O)CCC(C)C.CC(C)C1CC(=O)N(CCC(=O)NC(C)(C)CCO)C1=O. The Hall–Kier alpha value is -2.40. The Bertz CT molecular complexity index is 763. The number of nitrogens with zero attached hydrogens (tertiary/aromatic N) is 1. The topological polar surface area (TPSA) is 116 Å². The molecule has 1 atom stereocenters. The van der Waals surface area contributed by atoms with Crippen LogP contribution >= 0.6 is 0 Å². The molecule has 0 bridgehead atoms. The molecule has 1 aliphatic rings. The van der Waals surface area contributed by atoms with Crippen molar-refractivity contribution in [1.29, 1.82) is 0 Å². The van der Waals surface area contributed by atoms with E-state index in [1.54, 1.807) is 0 Å². The van der Waals surface area contributed by atoms with Crippen LogP contribution in [0.25, 0.3) is 0 Å². The smallest absolute Gasteiger partial charge is 0.233 e. The number of likely N-dealkylation sites (tertiary alicyclic amines) is 1. The molecule has 0 aromatic carbocycles. The van der Waals surface area contributed by atoms with Crippen LogP contribution in [-0.2, 0) is 19.2 Å². The number of rotatable bonds is 11. The Morgan fingerprint density at radius 3 is 2.20 bits per heavy atom. The summed E-state index contributed by atoms with van der Waals surface area (Å²) >= 11 is 0. The number of imide groups is 1. The van der Waals surface area contributed by atoms with E-state index in [2.05, 4.69) is 36.3 Å². The minimum atomic E-state index is -0.495. The van der Waals surface area contributed by atoms with Gasteiger partial charge in [0.2, 0.25) is 23.6 Å². The number of aliphatic hydroxyl groups excluding tert-OH is 1. The summed E-state index contributed by atoms with van der Waals surface area (Å²) in [6.45, 7) is 16.4. The highest BCUT2D eigenvalue weighted by atomic mass is 16.3. The number of hydrogen-bond acceptors (Lipinski definition) is 5. The zero-order valence-electron chi connectivity index (χ0n) is 23.0. The molecule has 0 aromatic heterocycles. The Balaban J connectivity index is 0.000000720. The van der Waals surface area contributed by atoms with Crippen LogP contribution in [0.4, 0.5) is 0 Å². The molecule has 1 heterocycles. The second-order valence-corrected chi connectivity index (χ2v) is 10.8. The van der Waals surface area contributed by atoms with Crippen LogP contribution in [0.5, 0.6) is 0 Å². The number of nitrogens with one attached hydrogen (secondary N) is 2. The molecule has 0 aromatic rings. The number of carbonyl (C=O) groups is 4. The summed E-state index contributed by atoms with van der Waals surface area (Å²) in [6, 6.07) is 0. The number of hydrogen-bond donors (Lipinski definition) is 3. The lowest BCUT2D eigenvalue weighted by Crippen LogP contribution is -2.45. The molecule has 0 aliphatic carbocycles. The predicted octanol–water partition coefficient (Wildman–Crippen LogP) is 2.88. The number of amides is 4. The molecular weight excluding hydrogens is 446 g/mol. The maximum atomic E-state index is 12.1. The Morgan fingerprint density at radius 1 is 1.09 bits per heavy atom. The second-order valence-electron chi connectivity index (χ2n) is 10.8. The van der Waals surface area contributed by atoms with Crippen LogP contribution in [0, 0.1) is 35.5 Å². The molecule has 3 N–H and O–H groups in total. The molecule has 8 heteroatoms. The van der Waals surface area contributed by atoms with Crippen molar-refractivity contribution >= 4 is 23.6 Å². The molecule has 4 amide bonds. The third-order valence-electron chi connectivity index (χ3n) is 5.57. The molecule has 1 unspecified atom stereocenters. The van der Waals surface area contributed by atoms with Gasteiger partial charge in [0.15, 0.2) is 0 Å². The van der Waals surface area contributed by atoms with Crippen molar-refractivity contribution in [3.8, 4) is 11.8 Å². The van der Waals surface area contributed by atoms with Crippen molar-refractivity contribution in [2.75, 3.05) is 19.7 Å². The van der Waals surface area contributed by atoms with Gasteiger partial charge < -0.3 is 15.7 Å². The molecule has 200 valence electrons. The highest BCUT2D eigenvalue weighted by molar-refractivity contribution is 6.03. The summed E-state index contributed by atoms with van der Waals surface area (Å²) in [6.07, 6.45) is 2.35. The monoisotopic (exact) mass is 493 g/mol. The van der Waals surface area contributed by atoms with Crippen molar-refractivity contribution in [3.05, 3.63) is 0 Å². The predicted molar refractivity (Wildman–Crippen MR) is 138 cm³/mol. The van der Waals surface area contributed by atoms with Gasteiger partial charge in [-0.15, -0.1) is 0 Å². The third-order valence-corrected chi connectivity index (χ3v) is 5.57. The maximum Gasteiger partial charge on any atom is 0.233 e. The van der Waals surface area contributed by atoms with Gasteiger partial charge in [0.1, 0.15) is 0 Å². The van der Waals surface area contributed by atoms with Crippen LogP contribution in [0.15, 0.2) is 0 Å². The molecule has 0 saturated carbocycles. The van der Waals surface area contributed by atoms with E-state index in [1.807, 2.05) is 41.5 Å². The van der Waals surface area contributed by atoms with E-state index in [0.29, 0.717) is 31.2 Å². The van der Waals surface area contributed by atoms with Gasteiger partial charge >= 0.3 is 0 Å². The summed E-state index contributed by atoms with van der Waals surface area (Å²) in [5.41, 5.74) is -0.495. The minimum Gasteiger partial charge on any atom is -0.396 e. The fraction of sp³-hybridized carbons (Fsp3) is 0.778. The van der Waals surface area contributed by atoms with Gasteiger partial charge in [-0.2, -0.15) is 0 Å². The van der Waals surface area contributed by atoms with E-state index < -0.39 is 5.54 Å². The first-order valence-electron chi connectivity index (χ1n) is 12.7. The molecule has 0 radical (unpaired) electrons. The zero-order valence-corrected chi connectivity index (χ0v) is 23.0. The highest BCUT2D eigenvalue weighted by Crippen LogP contribution is 2.26. The Labute approximate surface area is 212 Å². The summed E-state index contributed by atoms with van der Waals surface area (Å²) < 4.78 is 0. The molecule has 35 heavy (non-hydrogen) atoms.